The van der Waals surface area contributed by atoms with Crippen molar-refractivity contribution in [2.24, 2.45) is 0 Å². The normalized spacial score (nSPS) is 15.2. The number of esters is 1. The summed E-state index contributed by atoms with van der Waals surface area (Å²) in [5.74, 6) is 0.282. The molecule has 1 saturated carbocycles. The van der Waals surface area contributed by atoms with Gasteiger partial charge in [-0.3, -0.25) is 4.79 Å². The van der Waals surface area contributed by atoms with Gasteiger partial charge in [0.1, 0.15) is 5.60 Å². The van der Waals surface area contributed by atoms with Gasteiger partial charge in [-0.05, 0) is 58.6 Å². The number of carbonyl (C=O) groups excluding carboxylic acids is 1. The Hall–Kier alpha value is -2.41. The van der Waals surface area contributed by atoms with E-state index in [2.05, 4.69) is 31.3 Å². The van der Waals surface area contributed by atoms with Crippen molar-refractivity contribution in [3.8, 4) is 0 Å². The molecule has 0 aliphatic heterocycles. The lowest BCUT2D eigenvalue weighted by Crippen LogP contribution is -2.15. The van der Waals surface area contributed by atoms with E-state index in [1.165, 1.54) is 6.92 Å². The lowest BCUT2D eigenvalue weighted by Gasteiger charge is -2.16. The second-order valence-corrected chi connectivity index (χ2v) is 6.70. The zero-order valence-electron chi connectivity index (χ0n) is 13.0. The minimum Gasteiger partial charge on any atom is -0.454 e. The van der Waals surface area contributed by atoms with E-state index in [1.807, 2.05) is 42.6 Å². The van der Waals surface area contributed by atoms with Gasteiger partial charge in [0, 0.05) is 18.8 Å². The van der Waals surface area contributed by atoms with Gasteiger partial charge >= 0.3 is 5.97 Å². The molecule has 0 unspecified atom stereocenters. The lowest BCUT2D eigenvalue weighted by molar-refractivity contribution is -0.149. The molecule has 122 valence electrons. The Morgan fingerprint density at radius 2 is 2.04 bits per heavy atom. The first-order valence-electron chi connectivity index (χ1n) is 7.64. The van der Waals surface area contributed by atoms with E-state index in [0.717, 1.165) is 34.2 Å². The van der Waals surface area contributed by atoms with Gasteiger partial charge in [0.15, 0.2) is 5.65 Å². The Balaban J connectivity index is 1.55. The van der Waals surface area contributed by atoms with Crippen molar-refractivity contribution in [1.29, 1.82) is 0 Å². The van der Waals surface area contributed by atoms with Gasteiger partial charge in [-0.2, -0.15) is 4.98 Å². The fourth-order valence-corrected chi connectivity index (χ4v) is 3.17. The topological polar surface area (TPSA) is 68.5 Å². The molecule has 6 nitrogen and oxygen atoms in total. The Morgan fingerprint density at radius 3 is 2.67 bits per heavy atom. The molecule has 1 N–H and O–H groups in total. The van der Waals surface area contributed by atoms with Crippen molar-refractivity contribution < 1.29 is 9.53 Å². The summed E-state index contributed by atoms with van der Waals surface area (Å²) in [5, 5.41) is 7.58. The van der Waals surface area contributed by atoms with E-state index in [1.54, 1.807) is 4.52 Å². The summed E-state index contributed by atoms with van der Waals surface area (Å²) in [7, 11) is 0. The summed E-state index contributed by atoms with van der Waals surface area (Å²) in [6.07, 6.45) is 3.60. The third-order valence-electron chi connectivity index (χ3n) is 4.03. The van der Waals surface area contributed by atoms with Crippen molar-refractivity contribution in [1.82, 2.24) is 14.6 Å². The van der Waals surface area contributed by atoms with Crippen molar-refractivity contribution in [3.63, 3.8) is 0 Å². The van der Waals surface area contributed by atoms with E-state index in [9.17, 15) is 4.79 Å². The number of rotatable bonds is 4. The smallest absolute Gasteiger partial charge is 0.303 e. The van der Waals surface area contributed by atoms with Gasteiger partial charge in [-0.1, -0.05) is 12.1 Å². The predicted molar refractivity (Wildman–Crippen MR) is 93.1 cm³/mol. The fourth-order valence-electron chi connectivity index (χ4n) is 2.75. The molecule has 1 fully saturated rings. The molecule has 1 aromatic carbocycles. The number of ether oxygens (including phenoxy) is 1. The molecule has 0 bridgehead atoms. The van der Waals surface area contributed by atoms with Crippen LogP contribution in [0.15, 0.2) is 47.1 Å². The van der Waals surface area contributed by atoms with E-state index < -0.39 is 5.60 Å². The number of halogens is 1. The van der Waals surface area contributed by atoms with Crippen LogP contribution in [-0.4, -0.2) is 20.6 Å². The van der Waals surface area contributed by atoms with Gasteiger partial charge in [0.25, 0.3) is 0 Å². The molecule has 24 heavy (non-hydrogen) atoms. The third kappa shape index (κ3) is 2.75. The Kier molecular flexibility index (Phi) is 3.53. The molecule has 4 rings (SSSR count). The monoisotopic (exact) mass is 386 g/mol. The van der Waals surface area contributed by atoms with Crippen LogP contribution >= 0.6 is 15.9 Å². The van der Waals surface area contributed by atoms with Crippen LogP contribution in [0.4, 0.5) is 11.6 Å². The highest BCUT2D eigenvalue weighted by atomic mass is 79.9. The fraction of sp³-hybridized carbons (Fsp3) is 0.235. The molecule has 3 aromatic rings. The summed E-state index contributed by atoms with van der Waals surface area (Å²) in [4.78, 5) is 15.7. The molecule has 1 aliphatic rings. The van der Waals surface area contributed by atoms with Crippen molar-refractivity contribution in [2.75, 3.05) is 5.32 Å². The maximum atomic E-state index is 11.2. The average Bonchev–Trinajstić information content (AvgIpc) is 3.19. The number of nitrogens with zero attached hydrogens (tertiary/aromatic N) is 3. The highest BCUT2D eigenvalue weighted by Crippen LogP contribution is 2.49. The number of benzene rings is 1. The van der Waals surface area contributed by atoms with Crippen LogP contribution in [0.3, 0.4) is 0 Å². The van der Waals surface area contributed by atoms with Gasteiger partial charge in [0.05, 0.1) is 4.47 Å². The zero-order chi connectivity index (χ0) is 16.7. The number of anilines is 2. The quantitative estimate of drug-likeness (QED) is 0.690. The molecule has 0 spiro atoms. The Morgan fingerprint density at radius 1 is 1.29 bits per heavy atom. The first-order valence-corrected chi connectivity index (χ1v) is 8.43. The SMILES string of the molecule is CC(=O)OC1(c2ccc(Nc3nc4c(Br)cccn4n3)cc2)CC1. The molecule has 2 heterocycles. The van der Waals surface area contributed by atoms with Crippen LogP contribution in [0.2, 0.25) is 0 Å². The van der Waals surface area contributed by atoms with Crippen molar-refractivity contribution >= 4 is 39.2 Å². The Bertz CT molecular complexity index is 916. The molecule has 0 saturated heterocycles. The first-order chi connectivity index (χ1) is 11.6. The molecule has 0 atom stereocenters. The zero-order valence-corrected chi connectivity index (χ0v) is 14.6. The van der Waals surface area contributed by atoms with Gasteiger partial charge in [0.2, 0.25) is 5.95 Å². The Labute approximate surface area is 147 Å². The molecular weight excluding hydrogens is 372 g/mol. The third-order valence-corrected chi connectivity index (χ3v) is 4.64. The molecule has 1 aliphatic carbocycles. The van der Waals surface area contributed by atoms with Crippen LogP contribution in [0.25, 0.3) is 5.65 Å². The number of carbonyl (C=O) groups is 1. The maximum Gasteiger partial charge on any atom is 0.303 e. The van der Waals surface area contributed by atoms with Gasteiger partial charge < -0.3 is 10.1 Å². The number of hydrogen-bond donors (Lipinski definition) is 1. The van der Waals surface area contributed by atoms with Crippen LogP contribution in [0, 0.1) is 0 Å². The van der Waals surface area contributed by atoms with Crippen molar-refractivity contribution in [2.45, 2.75) is 25.4 Å². The first kappa shape index (κ1) is 15.1. The number of pyridine rings is 1. The highest BCUT2D eigenvalue weighted by Gasteiger charge is 2.47. The van der Waals surface area contributed by atoms with Crippen LogP contribution in [-0.2, 0) is 15.1 Å². The van der Waals surface area contributed by atoms with Gasteiger partial charge in [-0.15, -0.1) is 5.10 Å². The maximum absolute atomic E-state index is 11.2. The summed E-state index contributed by atoms with van der Waals surface area (Å²) >= 11 is 3.46. The summed E-state index contributed by atoms with van der Waals surface area (Å²) < 4.78 is 8.05. The summed E-state index contributed by atoms with van der Waals surface area (Å²) in [6.45, 7) is 1.45. The predicted octanol–water partition coefficient (Wildman–Crippen LogP) is 3.79. The lowest BCUT2D eigenvalue weighted by atomic mass is 10.1. The van der Waals surface area contributed by atoms with E-state index in [0.29, 0.717) is 5.95 Å². The van der Waals surface area contributed by atoms with Crippen molar-refractivity contribution in [3.05, 3.63) is 52.6 Å². The number of hydrogen-bond acceptors (Lipinski definition) is 5. The second kappa shape index (κ2) is 5.59. The largest absolute Gasteiger partial charge is 0.454 e. The van der Waals surface area contributed by atoms with E-state index in [-0.39, 0.29) is 5.97 Å². The van der Waals surface area contributed by atoms with E-state index >= 15 is 0 Å². The molecule has 2 aromatic heterocycles. The number of fused-ring (bicyclic) bond motifs is 1. The standard InChI is InChI=1S/C17H15BrN4O2/c1-11(23)24-17(8-9-17)12-4-6-13(7-5-12)19-16-20-15-14(18)3-2-10-22(15)21-16/h2-7,10H,8-9H2,1H3,(H,19,21). The number of nitrogens with one attached hydrogen (secondary N) is 1. The minimum absolute atomic E-state index is 0.242. The van der Waals surface area contributed by atoms with E-state index in [4.69, 9.17) is 4.74 Å². The second-order valence-electron chi connectivity index (χ2n) is 5.85. The van der Waals surface area contributed by atoms with Gasteiger partial charge in [-0.25, -0.2) is 4.52 Å². The van der Waals surface area contributed by atoms with Crippen LogP contribution in [0.5, 0.6) is 0 Å². The minimum atomic E-state index is -0.420. The molecular formula is C17H15BrN4O2. The van der Waals surface area contributed by atoms with Crippen LogP contribution < -0.4 is 5.32 Å². The molecule has 7 heteroatoms. The molecule has 0 radical (unpaired) electrons. The van der Waals surface area contributed by atoms with Crippen LogP contribution in [0.1, 0.15) is 25.3 Å². The summed E-state index contributed by atoms with van der Waals surface area (Å²) in [6, 6.07) is 11.7. The average molecular weight is 387 g/mol. The number of aromatic nitrogens is 3. The highest BCUT2D eigenvalue weighted by molar-refractivity contribution is 9.10. The molecule has 0 amide bonds. The summed E-state index contributed by atoms with van der Waals surface area (Å²) in [5.41, 5.74) is 2.23.